The summed E-state index contributed by atoms with van der Waals surface area (Å²) in [6.45, 7) is 1.20. The van der Waals surface area contributed by atoms with E-state index in [1.165, 1.54) is 10.3 Å². The van der Waals surface area contributed by atoms with Crippen LogP contribution in [-0.4, -0.2) is 23.9 Å². The maximum Gasteiger partial charge on any atom is 0.242 e. The van der Waals surface area contributed by atoms with Gasteiger partial charge in [-0.3, -0.25) is 4.79 Å². The lowest BCUT2D eigenvalue weighted by atomic mass is 10.1. The topological polar surface area (TPSA) is 32.3 Å². The first-order valence-corrected chi connectivity index (χ1v) is 9.25. The molecule has 0 bridgehead atoms. The number of rotatable bonds is 4. The van der Waals surface area contributed by atoms with Crippen molar-refractivity contribution < 1.29 is 4.79 Å². The van der Waals surface area contributed by atoms with E-state index in [1.54, 1.807) is 11.3 Å². The summed E-state index contributed by atoms with van der Waals surface area (Å²) in [5.74, 6) is 0.179. The molecule has 122 valence electrons. The highest BCUT2D eigenvalue weighted by Gasteiger charge is 2.30. The SMILES string of the molecule is O=C(CNc1cccc2ccccc12)N1CCCC1c1cccs1. The lowest BCUT2D eigenvalue weighted by Gasteiger charge is -2.24. The van der Waals surface area contributed by atoms with Gasteiger partial charge < -0.3 is 10.2 Å². The van der Waals surface area contributed by atoms with E-state index in [1.807, 2.05) is 29.2 Å². The monoisotopic (exact) mass is 336 g/mol. The summed E-state index contributed by atoms with van der Waals surface area (Å²) < 4.78 is 0. The molecule has 2 aromatic carbocycles. The summed E-state index contributed by atoms with van der Waals surface area (Å²) in [4.78, 5) is 16.1. The van der Waals surface area contributed by atoms with Crippen LogP contribution >= 0.6 is 11.3 Å². The first kappa shape index (κ1) is 15.2. The highest BCUT2D eigenvalue weighted by Crippen LogP contribution is 2.34. The lowest BCUT2D eigenvalue weighted by molar-refractivity contribution is -0.130. The average molecular weight is 336 g/mol. The number of hydrogen-bond donors (Lipinski definition) is 1. The number of hydrogen-bond acceptors (Lipinski definition) is 3. The fraction of sp³-hybridized carbons (Fsp3) is 0.250. The van der Waals surface area contributed by atoms with Crippen LogP contribution in [0.2, 0.25) is 0 Å². The van der Waals surface area contributed by atoms with E-state index in [9.17, 15) is 4.79 Å². The predicted octanol–water partition coefficient (Wildman–Crippen LogP) is 4.68. The molecule has 1 saturated heterocycles. The van der Waals surface area contributed by atoms with Crippen molar-refractivity contribution in [1.29, 1.82) is 0 Å². The number of thiophene rings is 1. The van der Waals surface area contributed by atoms with Gasteiger partial charge in [-0.25, -0.2) is 0 Å². The van der Waals surface area contributed by atoms with Crippen molar-refractivity contribution in [3.05, 3.63) is 64.9 Å². The van der Waals surface area contributed by atoms with Crippen molar-refractivity contribution in [2.75, 3.05) is 18.4 Å². The van der Waals surface area contributed by atoms with Crippen LogP contribution in [0.3, 0.4) is 0 Å². The van der Waals surface area contributed by atoms with Gasteiger partial charge in [0.25, 0.3) is 0 Å². The summed E-state index contributed by atoms with van der Waals surface area (Å²) in [5, 5.41) is 7.77. The van der Waals surface area contributed by atoms with Gasteiger partial charge in [-0.1, -0.05) is 42.5 Å². The van der Waals surface area contributed by atoms with Crippen LogP contribution in [0.15, 0.2) is 60.0 Å². The van der Waals surface area contributed by atoms with Gasteiger partial charge in [0.1, 0.15) is 0 Å². The van der Waals surface area contributed by atoms with Gasteiger partial charge in [-0.2, -0.15) is 0 Å². The summed E-state index contributed by atoms with van der Waals surface area (Å²) in [5.41, 5.74) is 1.02. The molecule has 1 fully saturated rings. The van der Waals surface area contributed by atoms with Crippen molar-refractivity contribution >= 4 is 33.7 Å². The van der Waals surface area contributed by atoms with Crippen molar-refractivity contribution in [2.45, 2.75) is 18.9 Å². The standard InChI is InChI=1S/C20H20N2OS/c23-20(22-12-4-10-18(22)19-11-5-13-24-19)14-21-17-9-3-7-15-6-1-2-8-16(15)17/h1-3,5-9,11,13,18,21H,4,10,12,14H2. The molecule has 2 heterocycles. The number of nitrogens with zero attached hydrogens (tertiary/aromatic N) is 1. The molecule has 3 aromatic rings. The quantitative estimate of drug-likeness (QED) is 0.750. The van der Waals surface area contributed by atoms with Crippen molar-refractivity contribution in [2.24, 2.45) is 0 Å². The van der Waals surface area contributed by atoms with Gasteiger partial charge in [0.15, 0.2) is 0 Å². The van der Waals surface area contributed by atoms with Crippen LogP contribution in [0, 0.1) is 0 Å². The van der Waals surface area contributed by atoms with E-state index in [0.717, 1.165) is 30.5 Å². The molecule has 0 spiro atoms. The molecule has 3 nitrogen and oxygen atoms in total. The normalized spacial score (nSPS) is 17.3. The van der Waals surface area contributed by atoms with E-state index in [0.29, 0.717) is 6.54 Å². The fourth-order valence-corrected chi connectivity index (χ4v) is 4.37. The lowest BCUT2D eigenvalue weighted by Crippen LogP contribution is -2.34. The molecule has 24 heavy (non-hydrogen) atoms. The summed E-state index contributed by atoms with van der Waals surface area (Å²) in [6, 6.07) is 18.9. The number of carbonyl (C=O) groups excluding carboxylic acids is 1. The van der Waals surface area contributed by atoms with Gasteiger partial charge in [-0.15, -0.1) is 11.3 Å². The van der Waals surface area contributed by atoms with E-state index in [4.69, 9.17) is 0 Å². The van der Waals surface area contributed by atoms with E-state index in [2.05, 4.69) is 41.0 Å². The number of nitrogens with one attached hydrogen (secondary N) is 1. The van der Waals surface area contributed by atoms with Crippen LogP contribution < -0.4 is 5.32 Å². The highest BCUT2D eigenvalue weighted by molar-refractivity contribution is 7.10. The molecule has 4 rings (SSSR count). The molecule has 0 aliphatic carbocycles. The summed E-state index contributed by atoms with van der Waals surface area (Å²) in [6.07, 6.45) is 2.16. The van der Waals surface area contributed by atoms with Gasteiger partial charge in [0, 0.05) is 22.5 Å². The largest absolute Gasteiger partial charge is 0.376 e. The average Bonchev–Trinajstić information content (AvgIpc) is 3.30. The molecule has 0 saturated carbocycles. The molecular weight excluding hydrogens is 316 g/mol. The first-order chi connectivity index (χ1) is 11.8. The van der Waals surface area contributed by atoms with Gasteiger partial charge in [0.2, 0.25) is 5.91 Å². The minimum absolute atomic E-state index is 0.179. The minimum Gasteiger partial charge on any atom is -0.376 e. The minimum atomic E-state index is 0.179. The van der Waals surface area contributed by atoms with Crippen LogP contribution in [-0.2, 0) is 4.79 Å². The molecular formula is C20H20N2OS. The fourth-order valence-electron chi connectivity index (χ4n) is 3.49. The zero-order valence-corrected chi connectivity index (χ0v) is 14.3. The Morgan fingerprint density at radius 2 is 2.00 bits per heavy atom. The number of fused-ring (bicyclic) bond motifs is 1. The molecule has 1 aliphatic rings. The van der Waals surface area contributed by atoms with Gasteiger partial charge in [-0.05, 0) is 35.7 Å². The van der Waals surface area contributed by atoms with Crippen LogP contribution in [0.4, 0.5) is 5.69 Å². The summed E-state index contributed by atoms with van der Waals surface area (Å²) in [7, 11) is 0. The van der Waals surface area contributed by atoms with E-state index >= 15 is 0 Å². The Labute approximate surface area is 145 Å². The number of amides is 1. The Kier molecular flexibility index (Phi) is 4.22. The van der Waals surface area contributed by atoms with E-state index < -0.39 is 0 Å². The Morgan fingerprint density at radius 3 is 2.88 bits per heavy atom. The van der Waals surface area contributed by atoms with Crippen molar-refractivity contribution in [1.82, 2.24) is 4.90 Å². The zero-order chi connectivity index (χ0) is 16.4. The maximum absolute atomic E-state index is 12.7. The third kappa shape index (κ3) is 2.89. The molecule has 1 atom stereocenters. The molecule has 1 aromatic heterocycles. The Balaban J connectivity index is 1.48. The molecule has 1 unspecified atom stereocenters. The van der Waals surface area contributed by atoms with Crippen LogP contribution in [0.1, 0.15) is 23.8 Å². The second-order valence-electron chi connectivity index (χ2n) is 6.14. The number of benzene rings is 2. The molecule has 1 amide bonds. The van der Waals surface area contributed by atoms with Gasteiger partial charge >= 0.3 is 0 Å². The Morgan fingerprint density at radius 1 is 1.12 bits per heavy atom. The van der Waals surface area contributed by atoms with E-state index in [-0.39, 0.29) is 11.9 Å². The van der Waals surface area contributed by atoms with Crippen LogP contribution in [0.5, 0.6) is 0 Å². The zero-order valence-electron chi connectivity index (χ0n) is 13.4. The smallest absolute Gasteiger partial charge is 0.242 e. The second-order valence-corrected chi connectivity index (χ2v) is 7.12. The Bertz CT molecular complexity index is 838. The maximum atomic E-state index is 12.7. The number of anilines is 1. The second kappa shape index (κ2) is 6.65. The summed E-state index contributed by atoms with van der Waals surface area (Å²) >= 11 is 1.74. The molecule has 4 heteroatoms. The molecule has 1 N–H and O–H groups in total. The van der Waals surface area contributed by atoms with Gasteiger partial charge in [0.05, 0.1) is 12.6 Å². The molecule has 0 radical (unpaired) electrons. The Hall–Kier alpha value is -2.33. The van der Waals surface area contributed by atoms with Crippen molar-refractivity contribution in [3.63, 3.8) is 0 Å². The third-order valence-corrected chi connectivity index (χ3v) is 5.64. The molecule has 1 aliphatic heterocycles. The number of likely N-dealkylation sites (tertiary alicyclic amines) is 1. The highest BCUT2D eigenvalue weighted by atomic mass is 32.1. The third-order valence-electron chi connectivity index (χ3n) is 4.66. The predicted molar refractivity (Wildman–Crippen MR) is 100 cm³/mol. The van der Waals surface area contributed by atoms with Crippen molar-refractivity contribution in [3.8, 4) is 0 Å². The first-order valence-electron chi connectivity index (χ1n) is 8.37. The van der Waals surface area contributed by atoms with Crippen LogP contribution in [0.25, 0.3) is 10.8 Å². The number of carbonyl (C=O) groups is 1.